The van der Waals surface area contributed by atoms with Crippen molar-refractivity contribution in [1.82, 2.24) is 0 Å². The molecule has 0 aromatic heterocycles. The summed E-state index contributed by atoms with van der Waals surface area (Å²) < 4.78 is 18.9. The lowest BCUT2D eigenvalue weighted by Gasteiger charge is -2.43. The quantitative estimate of drug-likeness (QED) is 0.296. The van der Waals surface area contributed by atoms with E-state index in [1.807, 2.05) is 6.08 Å². The maximum atomic E-state index is 11.6. The minimum Gasteiger partial charge on any atom is -0.462 e. The van der Waals surface area contributed by atoms with Gasteiger partial charge in [0.05, 0.1) is 12.2 Å². The summed E-state index contributed by atoms with van der Waals surface area (Å²) in [6.45, 7) is 12.8. The molecule has 0 radical (unpaired) electrons. The molecule has 178 valence electrons. The fourth-order valence-corrected chi connectivity index (χ4v) is 9.60. The number of hydrogen-bond acceptors (Lipinski definition) is 4. The van der Waals surface area contributed by atoms with Crippen molar-refractivity contribution in [1.29, 1.82) is 0 Å². The van der Waals surface area contributed by atoms with Crippen molar-refractivity contribution in [3.8, 4) is 0 Å². The molecule has 0 aliphatic carbocycles. The summed E-state index contributed by atoms with van der Waals surface area (Å²) in [5, 5.41) is 2.49. The van der Waals surface area contributed by atoms with Gasteiger partial charge < -0.3 is 13.9 Å². The molecule has 1 heterocycles. The highest BCUT2D eigenvalue weighted by Gasteiger charge is 2.50. The molecule has 2 aromatic rings. The van der Waals surface area contributed by atoms with Gasteiger partial charge in [-0.3, -0.25) is 4.79 Å². The second-order valence-corrected chi connectivity index (χ2v) is 14.2. The van der Waals surface area contributed by atoms with Crippen molar-refractivity contribution in [3.05, 3.63) is 73.3 Å². The highest BCUT2D eigenvalue weighted by molar-refractivity contribution is 6.99. The van der Waals surface area contributed by atoms with Crippen molar-refractivity contribution in [2.45, 2.75) is 76.7 Å². The van der Waals surface area contributed by atoms with E-state index >= 15 is 0 Å². The van der Waals surface area contributed by atoms with Gasteiger partial charge in [-0.25, -0.2) is 0 Å². The zero-order valence-electron chi connectivity index (χ0n) is 20.5. The van der Waals surface area contributed by atoms with Crippen LogP contribution in [0.25, 0.3) is 0 Å². The molecule has 2 aromatic carbocycles. The van der Waals surface area contributed by atoms with Gasteiger partial charge in [-0.15, -0.1) is 6.58 Å². The first-order valence-electron chi connectivity index (χ1n) is 11.9. The molecule has 3 atom stereocenters. The first-order valence-corrected chi connectivity index (χ1v) is 13.9. The fraction of sp³-hybridized carbons (Fsp3) is 0.464. The smallest absolute Gasteiger partial charge is 0.302 e. The van der Waals surface area contributed by atoms with Crippen molar-refractivity contribution in [2.75, 3.05) is 6.61 Å². The van der Waals surface area contributed by atoms with E-state index in [1.165, 1.54) is 17.3 Å². The van der Waals surface area contributed by atoms with Crippen LogP contribution in [-0.4, -0.2) is 39.2 Å². The van der Waals surface area contributed by atoms with Crippen molar-refractivity contribution < 1.29 is 18.7 Å². The van der Waals surface area contributed by atoms with Crippen molar-refractivity contribution in [3.63, 3.8) is 0 Å². The minimum absolute atomic E-state index is 0.00809. The monoisotopic (exact) mass is 466 g/mol. The molecule has 1 fully saturated rings. The predicted octanol–water partition coefficient (Wildman–Crippen LogP) is 5.01. The van der Waals surface area contributed by atoms with Crippen LogP contribution in [0.2, 0.25) is 5.04 Å². The molecule has 5 heteroatoms. The van der Waals surface area contributed by atoms with Gasteiger partial charge in [-0.2, -0.15) is 0 Å². The van der Waals surface area contributed by atoms with Gasteiger partial charge in [-0.1, -0.05) is 87.5 Å². The Morgan fingerprint density at radius 1 is 1.03 bits per heavy atom. The molecular formula is C28H38O4Si. The van der Waals surface area contributed by atoms with Crippen LogP contribution in [0.3, 0.4) is 0 Å². The van der Waals surface area contributed by atoms with Gasteiger partial charge in [0.2, 0.25) is 0 Å². The molecule has 0 amide bonds. The Morgan fingerprint density at radius 2 is 1.58 bits per heavy atom. The third-order valence-electron chi connectivity index (χ3n) is 6.37. The van der Waals surface area contributed by atoms with E-state index in [-0.39, 0.29) is 29.3 Å². The molecule has 1 saturated heterocycles. The Hall–Kier alpha value is -2.21. The summed E-state index contributed by atoms with van der Waals surface area (Å²) in [4.78, 5) is 11.6. The van der Waals surface area contributed by atoms with Gasteiger partial charge in [0.15, 0.2) is 0 Å². The van der Waals surface area contributed by atoms with E-state index in [1.54, 1.807) is 0 Å². The fourth-order valence-electron chi connectivity index (χ4n) is 5.03. The van der Waals surface area contributed by atoms with Crippen LogP contribution < -0.4 is 10.4 Å². The van der Waals surface area contributed by atoms with Crippen LogP contribution in [0, 0.1) is 0 Å². The van der Waals surface area contributed by atoms with E-state index in [9.17, 15) is 4.79 Å². The van der Waals surface area contributed by atoms with Crippen LogP contribution in [0.4, 0.5) is 0 Å². The topological polar surface area (TPSA) is 44.8 Å². The Kier molecular flexibility index (Phi) is 8.68. The standard InChI is InChI=1S/C28H38O4Si/c1-6-13-23-20-25(31-22(2)29)21-24(32-23)18-19-30-33(28(3,4)5,26-14-9-7-10-15-26)27-16-11-8-12-17-27/h6-12,14-17,23-25H,1,13,18-21H2,2-5H3/t23-,24-,25-/m0/s1. The third kappa shape index (κ3) is 6.22. The Balaban J connectivity index is 1.82. The maximum Gasteiger partial charge on any atom is 0.302 e. The number of benzene rings is 2. The number of hydrogen-bond donors (Lipinski definition) is 0. The molecule has 0 unspecified atom stereocenters. The zero-order chi connectivity index (χ0) is 23.9. The molecule has 0 bridgehead atoms. The highest BCUT2D eigenvalue weighted by atomic mass is 28.4. The number of carbonyl (C=O) groups excluding carboxylic acids is 1. The largest absolute Gasteiger partial charge is 0.462 e. The molecule has 4 nitrogen and oxygen atoms in total. The van der Waals surface area contributed by atoms with E-state index in [0.717, 1.165) is 19.3 Å². The molecular weight excluding hydrogens is 428 g/mol. The van der Waals surface area contributed by atoms with Gasteiger partial charge in [0.1, 0.15) is 6.10 Å². The number of carbonyl (C=O) groups is 1. The summed E-state index contributed by atoms with van der Waals surface area (Å²) in [5.74, 6) is -0.235. The Bertz CT molecular complexity index is 852. The number of esters is 1. The normalized spacial score (nSPS) is 21.4. The van der Waals surface area contributed by atoms with E-state index in [0.29, 0.717) is 13.0 Å². The SMILES string of the molecule is C=CC[C@H]1C[C@H](OC(C)=O)C[C@H](CCO[Si](c2ccccc2)(c2ccccc2)C(C)(C)C)O1. The van der Waals surface area contributed by atoms with Crippen LogP contribution in [-0.2, 0) is 18.7 Å². The first kappa shape index (κ1) is 25.4. The number of ether oxygens (including phenoxy) is 2. The first-order chi connectivity index (χ1) is 15.8. The van der Waals surface area contributed by atoms with E-state index < -0.39 is 8.32 Å². The van der Waals surface area contributed by atoms with Crippen molar-refractivity contribution >= 4 is 24.7 Å². The lowest BCUT2D eigenvalue weighted by atomic mass is 9.97. The summed E-state index contributed by atoms with van der Waals surface area (Å²) in [6, 6.07) is 21.3. The summed E-state index contributed by atoms with van der Waals surface area (Å²) >= 11 is 0. The average molecular weight is 467 g/mol. The maximum absolute atomic E-state index is 11.6. The zero-order valence-corrected chi connectivity index (χ0v) is 21.5. The Morgan fingerprint density at radius 3 is 2.06 bits per heavy atom. The molecule has 1 aliphatic rings. The lowest BCUT2D eigenvalue weighted by molar-refractivity contribution is -0.159. The number of rotatable bonds is 9. The molecule has 0 saturated carbocycles. The van der Waals surface area contributed by atoms with Gasteiger partial charge in [0, 0.05) is 26.4 Å². The average Bonchev–Trinajstić information content (AvgIpc) is 2.77. The molecule has 0 N–H and O–H groups in total. The van der Waals surface area contributed by atoms with Gasteiger partial charge in [-0.05, 0) is 28.3 Å². The van der Waals surface area contributed by atoms with Crippen LogP contribution in [0.15, 0.2) is 73.3 Å². The van der Waals surface area contributed by atoms with Crippen LogP contribution in [0.5, 0.6) is 0 Å². The molecule has 1 aliphatic heterocycles. The molecule has 33 heavy (non-hydrogen) atoms. The van der Waals surface area contributed by atoms with Gasteiger partial charge in [0.25, 0.3) is 8.32 Å². The Labute approximate surface area is 200 Å². The second-order valence-electron chi connectivity index (χ2n) is 9.91. The van der Waals surface area contributed by atoms with Gasteiger partial charge >= 0.3 is 5.97 Å². The van der Waals surface area contributed by atoms with E-state index in [2.05, 4.69) is 88.0 Å². The predicted molar refractivity (Wildman–Crippen MR) is 136 cm³/mol. The highest BCUT2D eigenvalue weighted by Crippen LogP contribution is 2.37. The van der Waals surface area contributed by atoms with Crippen LogP contribution >= 0.6 is 0 Å². The van der Waals surface area contributed by atoms with Crippen LogP contribution in [0.1, 0.15) is 53.4 Å². The summed E-state index contributed by atoms with van der Waals surface area (Å²) in [5.41, 5.74) is 0. The van der Waals surface area contributed by atoms with E-state index in [4.69, 9.17) is 13.9 Å². The lowest BCUT2D eigenvalue weighted by Crippen LogP contribution is -2.66. The molecule has 3 rings (SSSR count). The molecule has 0 spiro atoms. The van der Waals surface area contributed by atoms with Crippen molar-refractivity contribution in [2.24, 2.45) is 0 Å². The summed E-state index contributed by atoms with van der Waals surface area (Å²) in [7, 11) is -2.57. The summed E-state index contributed by atoms with van der Waals surface area (Å²) in [6.07, 6.45) is 4.72. The third-order valence-corrected chi connectivity index (χ3v) is 11.4. The second kappa shape index (κ2) is 11.3. The minimum atomic E-state index is -2.57.